The van der Waals surface area contributed by atoms with Crippen molar-refractivity contribution in [2.75, 3.05) is 0 Å². The van der Waals surface area contributed by atoms with Gasteiger partial charge in [0, 0.05) is 0 Å². The number of benzene rings is 1. The van der Waals surface area contributed by atoms with Crippen LogP contribution in [0.15, 0.2) is 43.0 Å². The fourth-order valence-electron chi connectivity index (χ4n) is 1.28. The zero-order valence-electron chi connectivity index (χ0n) is 8.07. The van der Waals surface area contributed by atoms with Gasteiger partial charge >= 0.3 is 0 Å². The van der Waals surface area contributed by atoms with Crippen LogP contribution >= 0.6 is 11.6 Å². The van der Waals surface area contributed by atoms with Crippen LogP contribution in [-0.4, -0.2) is 16.6 Å². The predicted octanol–water partition coefficient (Wildman–Crippen LogP) is 2.77. The molecule has 1 nitrogen and oxygen atoms in total. The number of aryl methyl sites for hydroxylation is 1. The minimum Gasteiger partial charge on any atom is -0.391 e. The van der Waals surface area contributed by atoms with Crippen LogP contribution in [0.4, 0.5) is 0 Å². The van der Waals surface area contributed by atoms with Gasteiger partial charge in [-0.15, -0.1) is 18.2 Å². The second-order valence-corrected chi connectivity index (χ2v) is 3.78. The highest BCUT2D eigenvalue weighted by Crippen LogP contribution is 2.11. The molecule has 0 aliphatic rings. The first-order valence-electron chi connectivity index (χ1n) is 4.72. The molecule has 0 saturated heterocycles. The first-order valence-corrected chi connectivity index (χ1v) is 5.16. The van der Waals surface area contributed by atoms with E-state index in [1.54, 1.807) is 6.08 Å². The van der Waals surface area contributed by atoms with Crippen LogP contribution < -0.4 is 0 Å². The van der Waals surface area contributed by atoms with Crippen LogP contribution in [0.1, 0.15) is 12.0 Å². The average Bonchev–Trinajstić information content (AvgIpc) is 2.26. The van der Waals surface area contributed by atoms with Crippen molar-refractivity contribution in [2.45, 2.75) is 24.3 Å². The molecular weight excluding hydrogens is 196 g/mol. The van der Waals surface area contributed by atoms with E-state index < -0.39 is 6.10 Å². The summed E-state index contributed by atoms with van der Waals surface area (Å²) >= 11 is 5.81. The number of hydrogen-bond acceptors (Lipinski definition) is 1. The maximum atomic E-state index is 9.58. The molecule has 0 bridgehead atoms. The van der Waals surface area contributed by atoms with Gasteiger partial charge < -0.3 is 5.11 Å². The lowest BCUT2D eigenvalue weighted by Crippen LogP contribution is -2.19. The Morgan fingerprint density at radius 3 is 2.57 bits per heavy atom. The average molecular weight is 211 g/mol. The summed E-state index contributed by atoms with van der Waals surface area (Å²) in [7, 11) is 0. The Bertz CT molecular complexity index is 271. The number of aliphatic hydroxyl groups is 1. The number of rotatable bonds is 5. The van der Waals surface area contributed by atoms with Crippen molar-refractivity contribution in [3.05, 3.63) is 48.6 Å². The molecule has 0 amide bonds. The highest BCUT2D eigenvalue weighted by molar-refractivity contribution is 6.22. The van der Waals surface area contributed by atoms with Crippen LogP contribution in [-0.2, 0) is 6.42 Å². The first-order chi connectivity index (χ1) is 6.74. The molecule has 0 fully saturated rings. The molecule has 76 valence electrons. The van der Waals surface area contributed by atoms with Crippen molar-refractivity contribution in [3.8, 4) is 0 Å². The Kier molecular flexibility index (Phi) is 4.71. The van der Waals surface area contributed by atoms with Crippen molar-refractivity contribution >= 4 is 11.6 Å². The summed E-state index contributed by atoms with van der Waals surface area (Å²) in [6.07, 6.45) is 2.58. The van der Waals surface area contributed by atoms with E-state index >= 15 is 0 Å². The van der Waals surface area contributed by atoms with Crippen molar-refractivity contribution in [1.82, 2.24) is 0 Å². The monoisotopic (exact) mass is 210 g/mol. The molecule has 0 saturated carbocycles. The van der Waals surface area contributed by atoms with E-state index in [0.29, 0.717) is 6.42 Å². The van der Waals surface area contributed by atoms with Gasteiger partial charge in [-0.1, -0.05) is 36.4 Å². The van der Waals surface area contributed by atoms with Crippen LogP contribution in [0.5, 0.6) is 0 Å². The summed E-state index contributed by atoms with van der Waals surface area (Å²) in [4.78, 5) is 0. The second-order valence-electron chi connectivity index (χ2n) is 3.27. The normalized spacial score (nSPS) is 14.7. The van der Waals surface area contributed by atoms with Gasteiger partial charge in [0.2, 0.25) is 0 Å². The van der Waals surface area contributed by atoms with Gasteiger partial charge in [0.1, 0.15) is 0 Å². The number of alkyl halides is 1. The molecule has 14 heavy (non-hydrogen) atoms. The third-order valence-corrected chi connectivity index (χ3v) is 2.63. The van der Waals surface area contributed by atoms with Crippen molar-refractivity contribution in [3.63, 3.8) is 0 Å². The summed E-state index contributed by atoms with van der Waals surface area (Å²) < 4.78 is 0. The van der Waals surface area contributed by atoms with Gasteiger partial charge in [-0.25, -0.2) is 0 Å². The predicted molar refractivity (Wildman–Crippen MR) is 60.6 cm³/mol. The number of aliphatic hydroxyl groups excluding tert-OH is 1. The highest BCUT2D eigenvalue weighted by atomic mass is 35.5. The Balaban J connectivity index is 2.37. The molecule has 0 radical (unpaired) electrons. The minimum atomic E-state index is -0.505. The Hall–Kier alpha value is -0.790. The molecule has 2 heteroatoms. The molecular formula is C12H15ClO. The van der Waals surface area contributed by atoms with E-state index in [4.69, 9.17) is 11.6 Å². The van der Waals surface area contributed by atoms with Gasteiger partial charge in [-0.2, -0.15) is 0 Å². The van der Waals surface area contributed by atoms with Crippen LogP contribution in [0.2, 0.25) is 0 Å². The lowest BCUT2D eigenvalue weighted by molar-refractivity contribution is 0.171. The zero-order valence-corrected chi connectivity index (χ0v) is 8.82. The molecule has 1 aromatic rings. The van der Waals surface area contributed by atoms with E-state index in [1.807, 2.05) is 30.3 Å². The zero-order chi connectivity index (χ0) is 10.4. The van der Waals surface area contributed by atoms with Gasteiger partial charge in [-0.05, 0) is 18.4 Å². The van der Waals surface area contributed by atoms with Gasteiger partial charge in [0.25, 0.3) is 0 Å². The van der Waals surface area contributed by atoms with E-state index in [-0.39, 0.29) is 5.38 Å². The topological polar surface area (TPSA) is 20.2 Å². The summed E-state index contributed by atoms with van der Waals surface area (Å²) in [6.45, 7) is 3.54. The van der Waals surface area contributed by atoms with Crippen molar-refractivity contribution in [1.29, 1.82) is 0 Å². The Labute approximate surface area is 90.0 Å². The molecule has 0 aromatic heterocycles. The number of hydrogen-bond donors (Lipinski definition) is 1. The van der Waals surface area contributed by atoms with E-state index in [2.05, 4.69) is 6.58 Å². The summed E-state index contributed by atoms with van der Waals surface area (Å²) in [6, 6.07) is 10.1. The summed E-state index contributed by atoms with van der Waals surface area (Å²) in [5, 5.41) is 9.23. The molecule has 1 aromatic carbocycles. The molecule has 2 atom stereocenters. The fraction of sp³-hybridized carbons (Fsp3) is 0.333. The maximum Gasteiger partial charge on any atom is 0.0772 e. The van der Waals surface area contributed by atoms with Gasteiger partial charge in [0.05, 0.1) is 11.5 Å². The molecule has 0 spiro atoms. The third-order valence-electron chi connectivity index (χ3n) is 2.16. The van der Waals surface area contributed by atoms with Crippen molar-refractivity contribution in [2.24, 2.45) is 0 Å². The highest BCUT2D eigenvalue weighted by Gasteiger charge is 2.12. The summed E-state index contributed by atoms with van der Waals surface area (Å²) in [5.41, 5.74) is 1.22. The third kappa shape index (κ3) is 3.52. The number of halogens is 1. The Morgan fingerprint density at radius 1 is 1.36 bits per heavy atom. The summed E-state index contributed by atoms with van der Waals surface area (Å²) in [5.74, 6) is 0. The van der Waals surface area contributed by atoms with E-state index in [1.165, 1.54) is 5.56 Å². The Morgan fingerprint density at radius 2 is 2.00 bits per heavy atom. The second kappa shape index (κ2) is 5.84. The fourth-order valence-corrected chi connectivity index (χ4v) is 1.40. The van der Waals surface area contributed by atoms with Crippen molar-refractivity contribution < 1.29 is 5.11 Å². The largest absolute Gasteiger partial charge is 0.391 e. The van der Waals surface area contributed by atoms with E-state index in [9.17, 15) is 5.11 Å². The maximum absolute atomic E-state index is 9.58. The molecule has 0 aliphatic carbocycles. The lowest BCUT2D eigenvalue weighted by atomic mass is 10.1. The van der Waals surface area contributed by atoms with Crippen LogP contribution in [0.3, 0.4) is 0 Å². The molecule has 1 rings (SSSR count). The SMILES string of the molecule is C=C[C@H](Cl)[C@@H](O)CCc1ccccc1. The van der Waals surface area contributed by atoms with E-state index in [0.717, 1.165) is 6.42 Å². The van der Waals surface area contributed by atoms with Gasteiger partial charge in [0.15, 0.2) is 0 Å². The molecule has 1 N–H and O–H groups in total. The lowest BCUT2D eigenvalue weighted by Gasteiger charge is -2.12. The molecule has 0 heterocycles. The van der Waals surface area contributed by atoms with Crippen LogP contribution in [0, 0.1) is 0 Å². The standard InChI is InChI=1S/C12H15ClO/c1-2-11(13)12(14)9-8-10-6-4-3-5-7-10/h2-7,11-12,14H,1,8-9H2/t11-,12-/m0/s1. The molecule has 0 aliphatic heterocycles. The quantitative estimate of drug-likeness (QED) is 0.586. The van der Waals surface area contributed by atoms with Gasteiger partial charge in [-0.3, -0.25) is 0 Å². The minimum absolute atomic E-state index is 0.348. The smallest absolute Gasteiger partial charge is 0.0772 e. The molecule has 0 unspecified atom stereocenters. The van der Waals surface area contributed by atoms with Crippen LogP contribution in [0.25, 0.3) is 0 Å². The first kappa shape index (κ1) is 11.3.